The third-order valence-electron chi connectivity index (χ3n) is 3.11. The Labute approximate surface area is 121 Å². The summed E-state index contributed by atoms with van der Waals surface area (Å²) in [6.07, 6.45) is 0.788. The van der Waals surface area contributed by atoms with E-state index >= 15 is 0 Å². The van der Waals surface area contributed by atoms with Crippen LogP contribution in [0.1, 0.15) is 34.6 Å². The number of thiophene rings is 1. The minimum Gasteiger partial charge on any atom is -0.385 e. The molecule has 0 saturated heterocycles. The van der Waals surface area contributed by atoms with Crippen molar-refractivity contribution in [2.45, 2.75) is 19.4 Å². The zero-order valence-electron chi connectivity index (χ0n) is 11.4. The molecule has 3 nitrogen and oxygen atoms in total. The summed E-state index contributed by atoms with van der Waals surface area (Å²) in [7, 11) is 1.60. The van der Waals surface area contributed by atoms with Crippen LogP contribution in [0, 0.1) is 5.82 Å². The van der Waals surface area contributed by atoms with E-state index in [2.05, 4.69) is 10.6 Å². The molecular weight excluding hydrogens is 275 g/mol. The number of amides is 1. The third-order valence-corrected chi connectivity index (χ3v) is 4.09. The third kappa shape index (κ3) is 2.99. The van der Waals surface area contributed by atoms with Crippen molar-refractivity contribution < 1.29 is 9.18 Å². The van der Waals surface area contributed by atoms with Crippen LogP contribution in [-0.4, -0.2) is 13.0 Å². The minimum absolute atomic E-state index is 0.0459. The number of hydrogen-bond donors (Lipinski definition) is 2. The Hall–Kier alpha value is -1.88. The van der Waals surface area contributed by atoms with Gasteiger partial charge in [-0.1, -0.05) is 19.1 Å². The Balaban J connectivity index is 2.22. The molecule has 0 spiro atoms. The van der Waals surface area contributed by atoms with Crippen molar-refractivity contribution in [3.8, 4) is 0 Å². The van der Waals surface area contributed by atoms with E-state index in [0.717, 1.165) is 11.3 Å². The van der Waals surface area contributed by atoms with Crippen LogP contribution >= 0.6 is 11.3 Å². The second-order valence-electron chi connectivity index (χ2n) is 4.36. The summed E-state index contributed by atoms with van der Waals surface area (Å²) in [6.45, 7) is 2.01. The molecule has 0 aliphatic heterocycles. The van der Waals surface area contributed by atoms with Gasteiger partial charge in [-0.3, -0.25) is 4.79 Å². The lowest BCUT2D eigenvalue weighted by Gasteiger charge is -2.17. The van der Waals surface area contributed by atoms with Crippen molar-refractivity contribution in [3.05, 3.63) is 52.0 Å². The first-order valence-electron chi connectivity index (χ1n) is 6.47. The highest BCUT2D eigenvalue weighted by atomic mass is 32.1. The standard InChI is InChI=1S/C15H17FN2OS/c1-3-12(13-8-5-9-20-13)18-15(19)10-6-4-7-11(16)14(10)17-2/h4-9,12,17H,3H2,1-2H3,(H,18,19). The molecule has 1 heterocycles. The summed E-state index contributed by atoms with van der Waals surface area (Å²) in [5.41, 5.74) is 0.550. The van der Waals surface area contributed by atoms with E-state index in [-0.39, 0.29) is 17.6 Å². The van der Waals surface area contributed by atoms with Crippen LogP contribution in [0.4, 0.5) is 10.1 Å². The summed E-state index contributed by atoms with van der Waals surface area (Å²) in [5.74, 6) is -0.696. The Morgan fingerprint density at radius 2 is 2.15 bits per heavy atom. The summed E-state index contributed by atoms with van der Waals surface area (Å²) in [5, 5.41) is 7.67. The van der Waals surface area contributed by atoms with Gasteiger partial charge in [-0.25, -0.2) is 4.39 Å². The van der Waals surface area contributed by atoms with E-state index in [1.165, 1.54) is 12.1 Å². The molecule has 20 heavy (non-hydrogen) atoms. The molecule has 2 N–H and O–H groups in total. The lowest BCUT2D eigenvalue weighted by molar-refractivity contribution is 0.0936. The Bertz CT molecular complexity index is 584. The monoisotopic (exact) mass is 292 g/mol. The van der Waals surface area contributed by atoms with Crippen LogP contribution in [0.25, 0.3) is 0 Å². The first kappa shape index (κ1) is 14.5. The van der Waals surface area contributed by atoms with Crippen LogP contribution < -0.4 is 10.6 Å². The van der Waals surface area contributed by atoms with Gasteiger partial charge in [0, 0.05) is 11.9 Å². The predicted molar refractivity (Wildman–Crippen MR) is 80.8 cm³/mol. The number of anilines is 1. The number of rotatable bonds is 5. The molecule has 0 aliphatic rings. The lowest BCUT2D eigenvalue weighted by Crippen LogP contribution is -2.28. The van der Waals surface area contributed by atoms with Crippen molar-refractivity contribution in [2.75, 3.05) is 12.4 Å². The van der Waals surface area contributed by atoms with Crippen LogP contribution in [-0.2, 0) is 0 Å². The quantitative estimate of drug-likeness (QED) is 0.880. The molecule has 1 amide bonds. The van der Waals surface area contributed by atoms with Gasteiger partial charge < -0.3 is 10.6 Å². The number of hydrogen-bond acceptors (Lipinski definition) is 3. The van der Waals surface area contributed by atoms with Gasteiger partial charge in [-0.2, -0.15) is 0 Å². The molecular formula is C15H17FN2OS. The molecule has 1 aromatic heterocycles. The summed E-state index contributed by atoms with van der Waals surface area (Å²) >= 11 is 1.60. The van der Waals surface area contributed by atoms with Crippen molar-refractivity contribution in [1.29, 1.82) is 0 Å². The molecule has 1 unspecified atom stereocenters. The van der Waals surface area contributed by atoms with Gasteiger partial charge in [-0.05, 0) is 30.0 Å². The molecule has 1 aromatic carbocycles. The summed E-state index contributed by atoms with van der Waals surface area (Å²) in [6, 6.07) is 8.39. The number of para-hydroxylation sites is 1. The van der Waals surface area contributed by atoms with Gasteiger partial charge in [0.05, 0.1) is 17.3 Å². The van der Waals surface area contributed by atoms with Gasteiger partial charge >= 0.3 is 0 Å². The summed E-state index contributed by atoms with van der Waals surface area (Å²) < 4.78 is 13.7. The Morgan fingerprint density at radius 3 is 2.75 bits per heavy atom. The van der Waals surface area contributed by atoms with Crippen molar-refractivity contribution in [3.63, 3.8) is 0 Å². The maximum atomic E-state index is 13.7. The van der Waals surface area contributed by atoms with Crippen molar-refractivity contribution in [2.24, 2.45) is 0 Å². The largest absolute Gasteiger partial charge is 0.385 e. The fourth-order valence-electron chi connectivity index (χ4n) is 2.07. The fourth-order valence-corrected chi connectivity index (χ4v) is 2.93. The van der Waals surface area contributed by atoms with Gasteiger partial charge in [0.25, 0.3) is 5.91 Å². The van der Waals surface area contributed by atoms with Crippen LogP contribution in [0.2, 0.25) is 0 Å². The molecule has 0 saturated carbocycles. The van der Waals surface area contributed by atoms with E-state index in [4.69, 9.17) is 0 Å². The predicted octanol–water partition coefficient (Wildman–Crippen LogP) is 3.81. The van der Waals surface area contributed by atoms with Gasteiger partial charge in [-0.15, -0.1) is 11.3 Å². The SMILES string of the molecule is CCC(NC(=O)c1cccc(F)c1NC)c1cccs1. The highest BCUT2D eigenvalue weighted by Gasteiger charge is 2.18. The second-order valence-corrected chi connectivity index (χ2v) is 5.34. The maximum absolute atomic E-state index is 13.7. The molecule has 0 aliphatic carbocycles. The number of halogens is 1. The van der Waals surface area contributed by atoms with E-state index in [1.54, 1.807) is 24.5 Å². The molecule has 5 heteroatoms. The van der Waals surface area contributed by atoms with E-state index in [0.29, 0.717) is 5.56 Å². The van der Waals surface area contributed by atoms with E-state index in [1.807, 2.05) is 24.4 Å². The summed E-state index contributed by atoms with van der Waals surface area (Å²) in [4.78, 5) is 13.4. The average molecular weight is 292 g/mol. The van der Waals surface area contributed by atoms with Gasteiger partial charge in [0.2, 0.25) is 0 Å². The average Bonchev–Trinajstić information content (AvgIpc) is 2.98. The minimum atomic E-state index is -0.427. The molecule has 0 bridgehead atoms. The highest BCUT2D eigenvalue weighted by molar-refractivity contribution is 7.10. The van der Waals surface area contributed by atoms with Gasteiger partial charge in [0.15, 0.2) is 0 Å². The zero-order valence-corrected chi connectivity index (χ0v) is 12.3. The van der Waals surface area contributed by atoms with Crippen molar-refractivity contribution >= 4 is 22.9 Å². The molecule has 0 fully saturated rings. The van der Waals surface area contributed by atoms with Crippen LogP contribution in [0.15, 0.2) is 35.7 Å². The van der Waals surface area contributed by atoms with Crippen molar-refractivity contribution in [1.82, 2.24) is 5.32 Å². The van der Waals surface area contributed by atoms with E-state index < -0.39 is 5.82 Å². The fraction of sp³-hybridized carbons (Fsp3) is 0.267. The second kappa shape index (κ2) is 6.52. The first-order valence-corrected chi connectivity index (χ1v) is 7.35. The molecule has 2 aromatic rings. The normalized spacial score (nSPS) is 11.9. The van der Waals surface area contributed by atoms with Crippen LogP contribution in [0.3, 0.4) is 0 Å². The maximum Gasteiger partial charge on any atom is 0.253 e. The number of nitrogens with one attached hydrogen (secondary N) is 2. The van der Waals surface area contributed by atoms with Crippen LogP contribution in [0.5, 0.6) is 0 Å². The molecule has 0 radical (unpaired) electrons. The molecule has 1 atom stereocenters. The van der Waals surface area contributed by atoms with E-state index in [9.17, 15) is 9.18 Å². The number of carbonyl (C=O) groups is 1. The molecule has 106 valence electrons. The zero-order chi connectivity index (χ0) is 14.5. The lowest BCUT2D eigenvalue weighted by atomic mass is 10.1. The first-order chi connectivity index (χ1) is 9.67. The Morgan fingerprint density at radius 1 is 1.35 bits per heavy atom. The molecule has 2 rings (SSSR count). The number of carbonyl (C=O) groups excluding carboxylic acids is 1. The smallest absolute Gasteiger partial charge is 0.253 e. The van der Waals surface area contributed by atoms with Gasteiger partial charge in [0.1, 0.15) is 5.82 Å². The Kier molecular flexibility index (Phi) is 4.74. The number of benzene rings is 1. The highest BCUT2D eigenvalue weighted by Crippen LogP contribution is 2.24. The topological polar surface area (TPSA) is 41.1 Å².